The lowest BCUT2D eigenvalue weighted by molar-refractivity contribution is -0.161. The van der Waals surface area contributed by atoms with E-state index in [0.717, 1.165) is 121 Å². The van der Waals surface area contributed by atoms with Crippen molar-refractivity contribution in [1.29, 1.82) is 0 Å². The Morgan fingerprint density at radius 2 is 0.622 bits per heavy atom. The van der Waals surface area contributed by atoms with Crippen molar-refractivity contribution in [2.75, 3.05) is 39.6 Å². The molecule has 0 amide bonds. The molecule has 0 heterocycles. The first-order valence-electron chi connectivity index (χ1n) is 36.5. The van der Waals surface area contributed by atoms with Crippen molar-refractivity contribution in [1.82, 2.24) is 0 Å². The summed E-state index contributed by atoms with van der Waals surface area (Å²) >= 11 is 0. The maximum atomic E-state index is 13.0. The van der Waals surface area contributed by atoms with Crippen molar-refractivity contribution < 1.29 is 80.2 Å². The minimum absolute atomic E-state index is 0.101. The second-order valence-corrected chi connectivity index (χ2v) is 28.1. The maximum absolute atomic E-state index is 13.0. The number of carbonyl (C=O) groups is 4. The highest BCUT2D eigenvalue weighted by atomic mass is 31.2. The third-order valence-electron chi connectivity index (χ3n) is 16.3. The Morgan fingerprint density at radius 3 is 0.944 bits per heavy atom. The van der Waals surface area contributed by atoms with Gasteiger partial charge in [-0.05, 0) is 57.3 Å². The van der Waals surface area contributed by atoms with Gasteiger partial charge in [-0.25, -0.2) is 9.13 Å². The van der Waals surface area contributed by atoms with Gasteiger partial charge in [0.2, 0.25) is 0 Å². The van der Waals surface area contributed by atoms with Crippen LogP contribution >= 0.6 is 15.6 Å². The van der Waals surface area contributed by atoms with Crippen molar-refractivity contribution in [2.24, 2.45) is 5.92 Å². The number of phosphoric ester groups is 2. The summed E-state index contributed by atoms with van der Waals surface area (Å²) in [5.74, 6) is -1.32. The number of carbonyl (C=O) groups excluding carboxylic acids is 4. The second-order valence-electron chi connectivity index (χ2n) is 25.2. The molecule has 0 saturated carbocycles. The van der Waals surface area contributed by atoms with E-state index in [4.69, 9.17) is 37.0 Å². The number of unbranched alkanes of at least 4 members (excludes halogenated alkanes) is 37. The molecule has 3 N–H and O–H groups in total. The number of esters is 4. The molecule has 0 spiro atoms. The molecule has 0 aromatic heterocycles. The average Bonchev–Trinajstić information content (AvgIpc) is 3.67. The fourth-order valence-corrected chi connectivity index (χ4v) is 11.8. The largest absolute Gasteiger partial charge is 0.472 e. The van der Waals surface area contributed by atoms with Crippen molar-refractivity contribution in [3.05, 3.63) is 24.3 Å². The van der Waals surface area contributed by atoms with Crippen LogP contribution in [0.5, 0.6) is 0 Å². The normalized spacial score (nSPS) is 14.5. The first-order valence-corrected chi connectivity index (χ1v) is 39.5. The molecule has 0 saturated heterocycles. The molecule has 0 bridgehead atoms. The first kappa shape index (κ1) is 87.5. The molecule has 0 aliphatic carbocycles. The molecule has 0 aliphatic rings. The number of allylic oxidation sites excluding steroid dienone is 4. The molecule has 0 aromatic rings. The van der Waals surface area contributed by atoms with E-state index in [0.29, 0.717) is 25.7 Å². The van der Waals surface area contributed by atoms with Gasteiger partial charge in [0, 0.05) is 25.7 Å². The van der Waals surface area contributed by atoms with Crippen molar-refractivity contribution in [2.45, 2.75) is 361 Å². The molecule has 0 radical (unpaired) electrons. The van der Waals surface area contributed by atoms with Crippen LogP contribution in [-0.4, -0.2) is 96.7 Å². The van der Waals surface area contributed by atoms with E-state index in [9.17, 15) is 43.2 Å². The summed E-state index contributed by atoms with van der Waals surface area (Å²) in [5, 5.41) is 10.6. The van der Waals surface area contributed by atoms with Gasteiger partial charge in [0.1, 0.15) is 19.3 Å². The van der Waals surface area contributed by atoms with E-state index in [2.05, 4.69) is 58.9 Å². The molecule has 17 nitrogen and oxygen atoms in total. The second kappa shape index (κ2) is 63.9. The summed E-state index contributed by atoms with van der Waals surface area (Å²) in [6.45, 7) is 7.15. The van der Waals surface area contributed by atoms with Gasteiger partial charge in [0.15, 0.2) is 12.2 Å². The van der Waals surface area contributed by atoms with Gasteiger partial charge in [-0.2, -0.15) is 0 Å². The zero-order valence-corrected chi connectivity index (χ0v) is 59.5. The van der Waals surface area contributed by atoms with E-state index < -0.39 is 97.5 Å². The molecule has 0 rings (SSSR count). The smallest absolute Gasteiger partial charge is 0.462 e. The first-order chi connectivity index (χ1) is 43.6. The predicted octanol–water partition coefficient (Wildman–Crippen LogP) is 20.1. The Kier molecular flexibility index (Phi) is 62.2. The molecule has 530 valence electrons. The summed E-state index contributed by atoms with van der Waals surface area (Å²) in [7, 11) is -9.90. The molecular formula is C71H134O17P2. The SMILES string of the molecule is CCCCCC/C=C\C=C/CCCCCCCC(=O)OC[C@H](COP(=O)(O)OC[C@@H](O)COP(=O)(O)OC[C@@H](COC(=O)CCCCCCC)OC(=O)CCCCCCCCCCCCCC)OC(=O)CCCCCCCCCCCCCCCCC(C)CC. The lowest BCUT2D eigenvalue weighted by Crippen LogP contribution is -2.30. The summed E-state index contributed by atoms with van der Waals surface area (Å²) in [5.41, 5.74) is 0. The van der Waals surface area contributed by atoms with Crippen molar-refractivity contribution in [3.63, 3.8) is 0 Å². The van der Waals surface area contributed by atoms with Gasteiger partial charge >= 0.3 is 39.5 Å². The van der Waals surface area contributed by atoms with Gasteiger partial charge in [-0.15, -0.1) is 0 Å². The standard InChI is InChI=1S/C71H134O17P2/c1-6-10-13-16-18-20-22-24-25-29-33-36-40-45-50-55-69(74)82-61-67(88-71(76)57-52-47-42-38-34-30-27-26-28-31-35-39-44-48-53-64(5)9-4)63-86-90(79,80)84-59-65(72)58-83-89(77,78)85-62-66(60-81-68(73)54-49-43-15-12-8-3)87-70(75)56-51-46-41-37-32-23-21-19-17-14-11-7-2/h20,22,24-25,64-67,72H,6-19,21,23,26-63H2,1-5H3,(H,77,78)(H,79,80)/b22-20-,25-24-/t64?,65-,66+,67+/m0/s1. The fourth-order valence-electron chi connectivity index (χ4n) is 10.2. The maximum Gasteiger partial charge on any atom is 0.472 e. The molecule has 6 atom stereocenters. The third kappa shape index (κ3) is 63.0. The molecule has 3 unspecified atom stereocenters. The van der Waals surface area contributed by atoms with E-state index >= 15 is 0 Å². The third-order valence-corrected chi connectivity index (χ3v) is 18.2. The molecule has 0 aromatic carbocycles. The topological polar surface area (TPSA) is 237 Å². The van der Waals surface area contributed by atoms with E-state index in [1.165, 1.54) is 141 Å². The number of rotatable bonds is 69. The number of aliphatic hydroxyl groups is 1. The van der Waals surface area contributed by atoms with Gasteiger partial charge in [-0.3, -0.25) is 37.3 Å². The fraction of sp³-hybridized carbons (Fsp3) is 0.887. The van der Waals surface area contributed by atoms with Crippen molar-refractivity contribution >= 4 is 39.5 Å². The van der Waals surface area contributed by atoms with Crippen LogP contribution in [0.15, 0.2) is 24.3 Å². The Hall–Kier alpha value is -2.46. The summed E-state index contributed by atoms with van der Waals surface area (Å²) in [4.78, 5) is 72.3. The Bertz CT molecular complexity index is 1830. The van der Waals surface area contributed by atoms with Crippen LogP contribution in [0.4, 0.5) is 0 Å². The number of hydrogen-bond acceptors (Lipinski definition) is 15. The van der Waals surface area contributed by atoms with E-state index in [1.807, 2.05) is 0 Å². The van der Waals surface area contributed by atoms with Crippen LogP contribution in [0.2, 0.25) is 0 Å². The molecular weight excluding hydrogens is 1190 g/mol. The summed E-state index contributed by atoms with van der Waals surface area (Å²) < 4.78 is 68.1. The molecule has 90 heavy (non-hydrogen) atoms. The minimum Gasteiger partial charge on any atom is -0.462 e. The monoisotopic (exact) mass is 1320 g/mol. The van der Waals surface area contributed by atoms with Crippen LogP contribution in [0, 0.1) is 5.92 Å². The van der Waals surface area contributed by atoms with E-state index in [1.54, 1.807) is 0 Å². The van der Waals surface area contributed by atoms with Gasteiger partial charge < -0.3 is 33.8 Å². The van der Waals surface area contributed by atoms with Gasteiger partial charge in [0.25, 0.3) is 0 Å². The highest BCUT2D eigenvalue weighted by molar-refractivity contribution is 7.47. The van der Waals surface area contributed by atoms with Crippen LogP contribution < -0.4 is 0 Å². The average molecular weight is 1320 g/mol. The van der Waals surface area contributed by atoms with Crippen LogP contribution in [-0.2, 0) is 65.4 Å². The lowest BCUT2D eigenvalue weighted by Gasteiger charge is -2.21. The predicted molar refractivity (Wildman–Crippen MR) is 363 cm³/mol. The minimum atomic E-state index is -4.96. The number of ether oxygens (including phenoxy) is 4. The highest BCUT2D eigenvalue weighted by Gasteiger charge is 2.30. The summed E-state index contributed by atoms with van der Waals surface area (Å²) in [6, 6.07) is 0. The van der Waals surface area contributed by atoms with Crippen LogP contribution in [0.25, 0.3) is 0 Å². The zero-order chi connectivity index (χ0) is 66.3. The highest BCUT2D eigenvalue weighted by Crippen LogP contribution is 2.45. The number of aliphatic hydroxyl groups excluding tert-OH is 1. The lowest BCUT2D eigenvalue weighted by atomic mass is 9.99. The number of phosphoric acid groups is 2. The Balaban J connectivity index is 5.19. The van der Waals surface area contributed by atoms with Gasteiger partial charge in [-0.1, -0.05) is 290 Å². The Morgan fingerprint density at radius 1 is 0.356 bits per heavy atom. The molecule has 0 aliphatic heterocycles. The zero-order valence-electron chi connectivity index (χ0n) is 57.8. The van der Waals surface area contributed by atoms with Crippen molar-refractivity contribution in [3.8, 4) is 0 Å². The molecule has 0 fully saturated rings. The summed E-state index contributed by atoms with van der Waals surface area (Å²) in [6.07, 6.45) is 53.8. The van der Waals surface area contributed by atoms with Crippen LogP contribution in [0.3, 0.4) is 0 Å². The quantitative estimate of drug-likeness (QED) is 0.0169. The number of hydrogen-bond donors (Lipinski definition) is 3. The Labute approximate surface area is 548 Å². The van der Waals surface area contributed by atoms with Gasteiger partial charge in [0.05, 0.1) is 26.4 Å². The van der Waals surface area contributed by atoms with Crippen LogP contribution in [0.1, 0.15) is 343 Å². The van der Waals surface area contributed by atoms with E-state index in [-0.39, 0.29) is 25.7 Å². The molecule has 19 heteroatoms.